The van der Waals surface area contributed by atoms with Crippen molar-refractivity contribution in [3.05, 3.63) is 18.2 Å². The first kappa shape index (κ1) is 7.84. The molecule has 56 valence electrons. The topological polar surface area (TPSA) is 83.3 Å². The van der Waals surface area contributed by atoms with Gasteiger partial charge in [0.15, 0.2) is 12.1 Å². The molecule has 0 amide bonds. The van der Waals surface area contributed by atoms with Gasteiger partial charge in [-0.15, -0.1) is 0 Å². The Morgan fingerprint density at radius 3 is 2.27 bits per heavy atom. The fourth-order valence-electron chi connectivity index (χ4n) is 0.542. The van der Waals surface area contributed by atoms with Gasteiger partial charge >= 0.3 is 7.12 Å². The maximum Gasteiger partial charge on any atom is 0.491 e. The third-order valence-corrected chi connectivity index (χ3v) is 1.10. The van der Waals surface area contributed by atoms with E-state index in [2.05, 4.69) is 9.97 Å². The summed E-state index contributed by atoms with van der Waals surface area (Å²) in [5.41, 5.74) is 0.163. The zero-order valence-corrected chi connectivity index (χ0v) is 5.51. The van der Waals surface area contributed by atoms with E-state index in [1.807, 2.05) is 0 Å². The van der Waals surface area contributed by atoms with Crippen LogP contribution in [-0.4, -0.2) is 33.4 Å². The van der Waals surface area contributed by atoms with Gasteiger partial charge in [-0.3, -0.25) is 4.79 Å². The van der Waals surface area contributed by atoms with Crippen molar-refractivity contribution in [2.45, 2.75) is 0 Å². The molecule has 6 heteroatoms. The number of aldehydes is 1. The van der Waals surface area contributed by atoms with E-state index in [0.29, 0.717) is 6.29 Å². The molecule has 5 nitrogen and oxygen atoms in total. The number of aromatic nitrogens is 2. The lowest BCUT2D eigenvalue weighted by molar-refractivity contribution is 0.111. The summed E-state index contributed by atoms with van der Waals surface area (Å²) in [5.74, 6) is 0.0226. The lowest BCUT2D eigenvalue weighted by atomic mass is 9.83. The van der Waals surface area contributed by atoms with E-state index in [1.54, 1.807) is 0 Å². The molecule has 0 bridgehead atoms. The average Bonchev–Trinajstić information content (AvgIpc) is 2.05. The number of rotatable bonds is 2. The van der Waals surface area contributed by atoms with E-state index >= 15 is 0 Å². The van der Waals surface area contributed by atoms with Gasteiger partial charge < -0.3 is 10.0 Å². The second-order valence-electron chi connectivity index (χ2n) is 1.87. The number of carbonyl (C=O) groups is 1. The molecule has 0 aliphatic rings. The smallest absolute Gasteiger partial charge is 0.423 e. The van der Waals surface area contributed by atoms with Crippen LogP contribution in [0.3, 0.4) is 0 Å². The molecule has 0 aliphatic heterocycles. The molecule has 1 rings (SSSR count). The molecule has 11 heavy (non-hydrogen) atoms. The molecule has 1 heterocycles. The van der Waals surface area contributed by atoms with Crippen LogP contribution in [-0.2, 0) is 0 Å². The minimum absolute atomic E-state index is 0.0226. The van der Waals surface area contributed by atoms with Crippen LogP contribution in [0.5, 0.6) is 0 Å². The van der Waals surface area contributed by atoms with Crippen molar-refractivity contribution in [1.29, 1.82) is 0 Å². The molecule has 1 aromatic rings. The van der Waals surface area contributed by atoms with Crippen LogP contribution in [0.4, 0.5) is 0 Å². The van der Waals surface area contributed by atoms with Gasteiger partial charge in [0.05, 0.1) is 0 Å². The lowest BCUT2D eigenvalue weighted by Crippen LogP contribution is -2.30. The Morgan fingerprint density at radius 1 is 1.36 bits per heavy atom. The standard InChI is InChI=1S/C5H5BN2O3/c9-3-5-7-1-4(2-8-5)6(10)11/h1-3,10-11H. The highest BCUT2D eigenvalue weighted by molar-refractivity contribution is 6.58. The van der Waals surface area contributed by atoms with Gasteiger partial charge in [-0.1, -0.05) is 0 Å². The van der Waals surface area contributed by atoms with Crippen molar-refractivity contribution in [2.75, 3.05) is 0 Å². The van der Waals surface area contributed by atoms with Crippen LogP contribution in [0, 0.1) is 0 Å². The van der Waals surface area contributed by atoms with Gasteiger partial charge in [0.25, 0.3) is 0 Å². The molecule has 0 atom stereocenters. The minimum atomic E-state index is -1.59. The van der Waals surface area contributed by atoms with Crippen LogP contribution >= 0.6 is 0 Å². The van der Waals surface area contributed by atoms with Crippen molar-refractivity contribution in [3.63, 3.8) is 0 Å². The molecule has 0 saturated carbocycles. The zero-order valence-electron chi connectivity index (χ0n) is 5.51. The summed E-state index contributed by atoms with van der Waals surface area (Å²) in [7, 11) is -1.59. The fourth-order valence-corrected chi connectivity index (χ4v) is 0.542. The summed E-state index contributed by atoms with van der Waals surface area (Å²) in [5, 5.41) is 17.1. The third kappa shape index (κ3) is 1.82. The highest BCUT2D eigenvalue weighted by Gasteiger charge is 2.10. The van der Waals surface area contributed by atoms with E-state index in [4.69, 9.17) is 10.0 Å². The molecule has 0 radical (unpaired) electrons. The second kappa shape index (κ2) is 3.22. The number of carbonyl (C=O) groups excluding carboxylic acids is 1. The molecule has 2 N–H and O–H groups in total. The predicted octanol–water partition coefficient (Wildman–Crippen LogP) is -2.03. The first-order chi connectivity index (χ1) is 5.24. The Balaban J connectivity index is 2.91. The molecule has 0 fully saturated rings. The SMILES string of the molecule is O=Cc1ncc(B(O)O)cn1. The molecule has 0 spiro atoms. The van der Waals surface area contributed by atoms with Crippen molar-refractivity contribution in [2.24, 2.45) is 0 Å². The van der Waals surface area contributed by atoms with Crippen LogP contribution in [0.1, 0.15) is 10.6 Å². The largest absolute Gasteiger partial charge is 0.491 e. The summed E-state index contributed by atoms with van der Waals surface area (Å²) in [6, 6.07) is 0. The molecule has 0 aromatic carbocycles. The monoisotopic (exact) mass is 152 g/mol. The van der Waals surface area contributed by atoms with Gasteiger partial charge in [0.1, 0.15) is 0 Å². The summed E-state index contributed by atoms with van der Waals surface area (Å²) in [6.07, 6.45) is 2.84. The maximum atomic E-state index is 10.0. The average molecular weight is 152 g/mol. The van der Waals surface area contributed by atoms with Crippen LogP contribution < -0.4 is 5.46 Å². The summed E-state index contributed by atoms with van der Waals surface area (Å²) in [4.78, 5) is 17.1. The third-order valence-electron chi connectivity index (χ3n) is 1.10. The van der Waals surface area contributed by atoms with Crippen LogP contribution in [0.15, 0.2) is 12.4 Å². The summed E-state index contributed by atoms with van der Waals surface area (Å²) in [6.45, 7) is 0. The normalized spacial score (nSPS) is 9.27. The van der Waals surface area contributed by atoms with Gasteiger partial charge in [0.2, 0.25) is 0 Å². The Bertz CT molecular complexity index is 248. The molecular weight excluding hydrogens is 147 g/mol. The molecular formula is C5H5BN2O3. The van der Waals surface area contributed by atoms with E-state index in [-0.39, 0.29) is 11.3 Å². The molecule has 0 unspecified atom stereocenters. The molecule has 1 aromatic heterocycles. The van der Waals surface area contributed by atoms with Crippen molar-refractivity contribution in [3.8, 4) is 0 Å². The maximum absolute atomic E-state index is 10.0. The highest BCUT2D eigenvalue weighted by Crippen LogP contribution is 1.80. The highest BCUT2D eigenvalue weighted by atomic mass is 16.4. The first-order valence-electron chi connectivity index (χ1n) is 2.87. The van der Waals surface area contributed by atoms with Crippen molar-refractivity contribution < 1.29 is 14.8 Å². The van der Waals surface area contributed by atoms with E-state index in [1.165, 1.54) is 12.4 Å². The Hall–Kier alpha value is -1.27. The van der Waals surface area contributed by atoms with E-state index in [0.717, 1.165) is 0 Å². The van der Waals surface area contributed by atoms with Gasteiger partial charge in [-0.05, 0) is 0 Å². The lowest BCUT2D eigenvalue weighted by Gasteiger charge is -1.95. The zero-order chi connectivity index (χ0) is 8.27. The van der Waals surface area contributed by atoms with Gasteiger partial charge in [-0.2, -0.15) is 0 Å². The number of hydrogen-bond acceptors (Lipinski definition) is 5. The Kier molecular flexibility index (Phi) is 2.30. The van der Waals surface area contributed by atoms with E-state index < -0.39 is 7.12 Å². The predicted molar refractivity (Wildman–Crippen MR) is 37.2 cm³/mol. The molecule has 0 saturated heterocycles. The second-order valence-corrected chi connectivity index (χ2v) is 1.87. The Labute approximate surface area is 62.9 Å². The van der Waals surface area contributed by atoms with Gasteiger partial charge in [0, 0.05) is 17.9 Å². The summed E-state index contributed by atoms with van der Waals surface area (Å²) >= 11 is 0. The van der Waals surface area contributed by atoms with Gasteiger partial charge in [-0.25, -0.2) is 9.97 Å². The summed E-state index contributed by atoms with van der Waals surface area (Å²) < 4.78 is 0. The number of nitrogens with zero attached hydrogens (tertiary/aromatic N) is 2. The number of hydrogen-bond donors (Lipinski definition) is 2. The van der Waals surface area contributed by atoms with E-state index in [9.17, 15) is 4.79 Å². The van der Waals surface area contributed by atoms with Crippen molar-refractivity contribution >= 4 is 18.9 Å². The molecule has 0 aliphatic carbocycles. The quantitative estimate of drug-likeness (QED) is 0.377. The first-order valence-corrected chi connectivity index (χ1v) is 2.87. The van der Waals surface area contributed by atoms with Crippen LogP contribution in [0.2, 0.25) is 0 Å². The Morgan fingerprint density at radius 2 is 1.91 bits per heavy atom. The van der Waals surface area contributed by atoms with Crippen LogP contribution in [0.25, 0.3) is 0 Å². The fraction of sp³-hybridized carbons (Fsp3) is 0. The minimum Gasteiger partial charge on any atom is -0.423 e. The van der Waals surface area contributed by atoms with Crippen molar-refractivity contribution in [1.82, 2.24) is 9.97 Å².